The van der Waals surface area contributed by atoms with Crippen LogP contribution in [0, 0.1) is 0 Å². The Morgan fingerprint density at radius 3 is 2.53 bits per heavy atom. The van der Waals surface area contributed by atoms with E-state index in [-0.39, 0.29) is 40.1 Å². The molecule has 192 valence electrons. The second-order valence-electron chi connectivity index (χ2n) is 9.11. The van der Waals surface area contributed by atoms with Gasteiger partial charge in [0.1, 0.15) is 5.75 Å². The molecule has 1 aromatic heterocycles. The molecule has 0 bridgehead atoms. The minimum Gasteiger partial charge on any atom is -0.482 e. The number of carbonyl (C=O) groups is 1. The molecular weight excluding hydrogens is 504 g/mol. The Hall–Kier alpha value is -2.95. The average molecular weight is 533 g/mol. The number of anilines is 1. The van der Waals surface area contributed by atoms with E-state index in [1.54, 1.807) is 12.1 Å². The molecule has 1 heterocycles. The van der Waals surface area contributed by atoms with Crippen molar-refractivity contribution in [1.29, 1.82) is 0 Å². The van der Waals surface area contributed by atoms with Crippen LogP contribution in [0.5, 0.6) is 5.75 Å². The summed E-state index contributed by atoms with van der Waals surface area (Å²) >= 11 is 6.23. The highest BCUT2D eigenvalue weighted by molar-refractivity contribution is 7.89. The lowest BCUT2D eigenvalue weighted by Gasteiger charge is -2.14. The van der Waals surface area contributed by atoms with E-state index < -0.39 is 10.0 Å². The summed E-state index contributed by atoms with van der Waals surface area (Å²) in [7, 11) is -3.66. The highest BCUT2D eigenvalue weighted by Gasteiger charge is 2.23. The van der Waals surface area contributed by atoms with Crippen LogP contribution in [0.4, 0.5) is 5.69 Å². The number of sulfonamides is 1. The molecular formula is C25H29ClN4O5S. The number of carbonyl (C=O) groups excluding carboxylic acids is 1. The molecule has 11 heteroatoms. The maximum atomic E-state index is 12.6. The van der Waals surface area contributed by atoms with Crippen molar-refractivity contribution in [2.45, 2.75) is 62.8 Å². The molecule has 0 spiro atoms. The molecule has 36 heavy (non-hydrogen) atoms. The van der Waals surface area contributed by atoms with Gasteiger partial charge >= 0.3 is 0 Å². The molecule has 2 aromatic carbocycles. The fourth-order valence-corrected chi connectivity index (χ4v) is 5.53. The van der Waals surface area contributed by atoms with Crippen LogP contribution >= 0.6 is 11.6 Å². The van der Waals surface area contributed by atoms with Gasteiger partial charge in [0.25, 0.3) is 5.91 Å². The average Bonchev–Trinajstić information content (AvgIpc) is 3.51. The van der Waals surface area contributed by atoms with Crippen LogP contribution in [-0.4, -0.2) is 37.1 Å². The van der Waals surface area contributed by atoms with E-state index >= 15 is 0 Å². The molecule has 0 radical (unpaired) electrons. The molecule has 9 nitrogen and oxygen atoms in total. The smallest absolute Gasteiger partial charge is 0.262 e. The van der Waals surface area contributed by atoms with E-state index in [2.05, 4.69) is 20.2 Å². The third-order valence-corrected chi connectivity index (χ3v) is 7.64. The van der Waals surface area contributed by atoms with Gasteiger partial charge in [-0.2, -0.15) is 4.98 Å². The van der Waals surface area contributed by atoms with E-state index in [9.17, 15) is 13.2 Å². The lowest BCUT2D eigenvalue weighted by molar-refractivity contribution is -0.118. The van der Waals surface area contributed by atoms with Crippen molar-refractivity contribution in [3.63, 3.8) is 0 Å². The number of halogens is 1. The lowest BCUT2D eigenvalue weighted by Crippen LogP contribution is -2.32. The number of amides is 1. The van der Waals surface area contributed by atoms with E-state index in [0.717, 1.165) is 31.2 Å². The van der Waals surface area contributed by atoms with Crippen molar-refractivity contribution in [3.05, 3.63) is 64.8 Å². The van der Waals surface area contributed by atoms with E-state index in [1.807, 2.05) is 26.0 Å². The summed E-state index contributed by atoms with van der Waals surface area (Å²) in [5.74, 6) is 1.23. The fourth-order valence-electron chi connectivity index (χ4n) is 3.90. The van der Waals surface area contributed by atoms with Gasteiger partial charge in [0, 0.05) is 24.1 Å². The molecule has 1 saturated carbocycles. The Morgan fingerprint density at radius 2 is 1.89 bits per heavy atom. The number of benzene rings is 2. The zero-order valence-corrected chi connectivity index (χ0v) is 21.7. The summed E-state index contributed by atoms with van der Waals surface area (Å²) in [6.45, 7) is 3.69. The molecule has 0 unspecified atom stereocenters. The fraction of sp³-hybridized carbons (Fsp3) is 0.400. The first-order valence-electron chi connectivity index (χ1n) is 11.9. The predicted molar refractivity (Wildman–Crippen MR) is 136 cm³/mol. The molecule has 3 aromatic rings. The van der Waals surface area contributed by atoms with Crippen LogP contribution in [-0.2, 0) is 21.2 Å². The highest BCUT2D eigenvalue weighted by atomic mass is 35.5. The van der Waals surface area contributed by atoms with Crippen molar-refractivity contribution in [2.24, 2.45) is 0 Å². The first kappa shape index (κ1) is 26.1. The predicted octanol–water partition coefficient (Wildman–Crippen LogP) is 4.68. The number of aromatic nitrogens is 2. The summed E-state index contributed by atoms with van der Waals surface area (Å²) < 4.78 is 38.6. The van der Waals surface area contributed by atoms with Crippen molar-refractivity contribution in [1.82, 2.24) is 14.9 Å². The minimum atomic E-state index is -3.66. The molecule has 2 N–H and O–H groups in total. The summed E-state index contributed by atoms with van der Waals surface area (Å²) in [5.41, 5.74) is 1.58. The van der Waals surface area contributed by atoms with Crippen molar-refractivity contribution < 1.29 is 22.5 Å². The third-order valence-electron chi connectivity index (χ3n) is 5.83. The van der Waals surface area contributed by atoms with Crippen LogP contribution in [0.1, 0.15) is 62.7 Å². The largest absolute Gasteiger partial charge is 0.482 e. The van der Waals surface area contributed by atoms with Crippen molar-refractivity contribution >= 4 is 33.2 Å². The Kier molecular flexibility index (Phi) is 8.28. The first-order valence-corrected chi connectivity index (χ1v) is 13.7. The van der Waals surface area contributed by atoms with Crippen LogP contribution in [0.25, 0.3) is 0 Å². The van der Waals surface area contributed by atoms with Gasteiger partial charge in [0.05, 0.1) is 9.92 Å². The van der Waals surface area contributed by atoms with Gasteiger partial charge in [-0.05, 0) is 48.7 Å². The zero-order chi connectivity index (χ0) is 25.7. The van der Waals surface area contributed by atoms with Crippen LogP contribution in [0.3, 0.4) is 0 Å². The van der Waals surface area contributed by atoms with E-state index in [4.69, 9.17) is 20.9 Å². The Bertz CT molecular complexity index is 1300. The van der Waals surface area contributed by atoms with Crippen LogP contribution < -0.4 is 14.8 Å². The second-order valence-corrected chi connectivity index (χ2v) is 11.2. The van der Waals surface area contributed by atoms with Gasteiger partial charge in [-0.1, -0.05) is 55.6 Å². The standard InChI is InChI=1S/C25H29ClN4O5S/c1-16(2)25-28-23(29-35-25)13-17-7-9-18(10-8-17)27-24(31)15-34-22-12-11-20(14-21(22)26)36(32,33)30-19-5-3-4-6-19/h7-12,14,16,19,30H,3-6,13,15H2,1-2H3,(H,27,31). The van der Waals surface area contributed by atoms with Crippen LogP contribution in [0.2, 0.25) is 5.02 Å². The molecule has 4 rings (SSSR count). The quantitative estimate of drug-likeness (QED) is 0.388. The van der Waals surface area contributed by atoms with Gasteiger partial charge in [0.2, 0.25) is 15.9 Å². The van der Waals surface area contributed by atoms with Gasteiger partial charge in [0.15, 0.2) is 12.4 Å². The summed E-state index contributed by atoms with van der Waals surface area (Å²) in [6, 6.07) is 11.5. The number of ether oxygens (including phenoxy) is 1. The molecule has 0 atom stereocenters. The Labute approximate surface area is 215 Å². The highest BCUT2D eigenvalue weighted by Crippen LogP contribution is 2.28. The maximum Gasteiger partial charge on any atom is 0.262 e. The molecule has 0 saturated heterocycles. The van der Waals surface area contributed by atoms with E-state index in [1.165, 1.54) is 18.2 Å². The van der Waals surface area contributed by atoms with Gasteiger partial charge in [-0.25, -0.2) is 13.1 Å². The third kappa shape index (κ3) is 6.83. The summed E-state index contributed by atoms with van der Waals surface area (Å²) in [6.07, 6.45) is 4.24. The number of nitrogens with zero attached hydrogens (tertiary/aromatic N) is 2. The van der Waals surface area contributed by atoms with Gasteiger partial charge in [-0.3, -0.25) is 4.79 Å². The van der Waals surface area contributed by atoms with Crippen molar-refractivity contribution in [3.8, 4) is 5.75 Å². The van der Waals surface area contributed by atoms with Crippen LogP contribution in [0.15, 0.2) is 51.9 Å². The lowest BCUT2D eigenvalue weighted by atomic mass is 10.1. The number of hydrogen-bond acceptors (Lipinski definition) is 7. The Morgan fingerprint density at radius 1 is 1.17 bits per heavy atom. The minimum absolute atomic E-state index is 0.0424. The van der Waals surface area contributed by atoms with Gasteiger partial charge < -0.3 is 14.6 Å². The number of rotatable bonds is 10. The zero-order valence-electron chi connectivity index (χ0n) is 20.2. The molecule has 0 aliphatic heterocycles. The monoisotopic (exact) mass is 532 g/mol. The number of hydrogen-bond donors (Lipinski definition) is 2. The van der Waals surface area contributed by atoms with Gasteiger partial charge in [-0.15, -0.1) is 0 Å². The molecule has 1 aliphatic rings. The number of nitrogens with one attached hydrogen (secondary N) is 2. The molecule has 1 aliphatic carbocycles. The Balaban J connectivity index is 1.28. The maximum absolute atomic E-state index is 12.6. The molecule has 1 amide bonds. The van der Waals surface area contributed by atoms with Crippen molar-refractivity contribution in [2.75, 3.05) is 11.9 Å². The normalized spacial score (nSPS) is 14.3. The summed E-state index contributed by atoms with van der Waals surface area (Å²) in [5, 5.41) is 6.85. The topological polar surface area (TPSA) is 123 Å². The van der Waals surface area contributed by atoms with E-state index in [0.29, 0.717) is 23.8 Å². The molecule has 1 fully saturated rings. The summed E-state index contributed by atoms with van der Waals surface area (Å²) in [4.78, 5) is 16.8. The first-order chi connectivity index (χ1) is 17.2. The second kappa shape index (κ2) is 11.4. The SMILES string of the molecule is CC(C)c1nc(Cc2ccc(NC(=O)COc3ccc(S(=O)(=O)NC4CCCC4)cc3Cl)cc2)no1.